The highest BCUT2D eigenvalue weighted by Gasteiger charge is 2.13. The number of carbonyl (C=O) groups excluding carboxylic acids is 1. The van der Waals surface area contributed by atoms with Crippen molar-refractivity contribution in [3.05, 3.63) is 58.1 Å². The molecular formula is C18H19Cl2NO2. The lowest BCUT2D eigenvalue weighted by molar-refractivity contribution is -0.118. The van der Waals surface area contributed by atoms with E-state index in [1.165, 1.54) is 5.56 Å². The lowest BCUT2D eigenvalue weighted by Gasteiger charge is -2.19. The molecule has 0 aliphatic heterocycles. The van der Waals surface area contributed by atoms with Crippen molar-refractivity contribution >= 4 is 34.8 Å². The molecule has 0 aromatic heterocycles. The van der Waals surface area contributed by atoms with Gasteiger partial charge in [0.05, 0.1) is 15.7 Å². The quantitative estimate of drug-likeness (QED) is 0.810. The van der Waals surface area contributed by atoms with Crippen LogP contribution in [0.5, 0.6) is 5.75 Å². The largest absolute Gasteiger partial charge is 0.484 e. The fraction of sp³-hybridized carbons (Fsp3) is 0.278. The number of halogens is 2. The molecule has 0 spiro atoms. The van der Waals surface area contributed by atoms with Crippen LogP contribution in [0.3, 0.4) is 0 Å². The van der Waals surface area contributed by atoms with Crippen LogP contribution < -0.4 is 10.1 Å². The Kier molecular flexibility index (Phi) is 5.55. The average Bonchev–Trinajstić information content (AvgIpc) is 2.49. The van der Waals surface area contributed by atoms with E-state index in [1.807, 2.05) is 24.3 Å². The first kappa shape index (κ1) is 17.6. The van der Waals surface area contributed by atoms with Gasteiger partial charge in [0, 0.05) is 0 Å². The van der Waals surface area contributed by atoms with Crippen LogP contribution in [0.4, 0.5) is 5.69 Å². The molecule has 5 heteroatoms. The van der Waals surface area contributed by atoms with Gasteiger partial charge in [-0.05, 0) is 35.2 Å². The molecule has 0 aliphatic rings. The maximum absolute atomic E-state index is 11.9. The Morgan fingerprint density at radius 1 is 1.09 bits per heavy atom. The van der Waals surface area contributed by atoms with Crippen molar-refractivity contribution in [2.75, 3.05) is 11.9 Å². The van der Waals surface area contributed by atoms with Crippen molar-refractivity contribution in [1.82, 2.24) is 0 Å². The van der Waals surface area contributed by atoms with Gasteiger partial charge in [0.1, 0.15) is 5.75 Å². The number of benzene rings is 2. The maximum atomic E-state index is 11.9. The smallest absolute Gasteiger partial charge is 0.262 e. The Bertz CT molecular complexity index is 691. The molecule has 0 radical (unpaired) electrons. The van der Waals surface area contributed by atoms with Crippen molar-refractivity contribution in [1.29, 1.82) is 0 Å². The van der Waals surface area contributed by atoms with Crippen LogP contribution in [0.25, 0.3) is 0 Å². The summed E-state index contributed by atoms with van der Waals surface area (Å²) in [6, 6.07) is 12.8. The number of ether oxygens (including phenoxy) is 1. The minimum atomic E-state index is -0.297. The van der Waals surface area contributed by atoms with Gasteiger partial charge in [-0.3, -0.25) is 4.79 Å². The van der Waals surface area contributed by atoms with Gasteiger partial charge in [-0.25, -0.2) is 0 Å². The molecule has 0 unspecified atom stereocenters. The summed E-state index contributed by atoms with van der Waals surface area (Å²) in [5.41, 5.74) is 1.76. The average molecular weight is 352 g/mol. The maximum Gasteiger partial charge on any atom is 0.262 e. The normalized spacial score (nSPS) is 11.2. The molecule has 2 rings (SSSR count). The van der Waals surface area contributed by atoms with E-state index < -0.39 is 0 Å². The molecule has 3 nitrogen and oxygen atoms in total. The van der Waals surface area contributed by atoms with E-state index in [9.17, 15) is 4.79 Å². The zero-order valence-corrected chi connectivity index (χ0v) is 14.8. The number of carbonyl (C=O) groups is 1. The zero-order valence-electron chi connectivity index (χ0n) is 13.3. The van der Waals surface area contributed by atoms with Crippen LogP contribution in [0.1, 0.15) is 26.3 Å². The molecule has 23 heavy (non-hydrogen) atoms. The van der Waals surface area contributed by atoms with E-state index in [4.69, 9.17) is 27.9 Å². The van der Waals surface area contributed by atoms with E-state index in [2.05, 4.69) is 26.1 Å². The van der Waals surface area contributed by atoms with Gasteiger partial charge in [-0.1, -0.05) is 62.2 Å². The predicted octanol–water partition coefficient (Wildman–Crippen LogP) is 5.31. The first-order chi connectivity index (χ1) is 10.8. The van der Waals surface area contributed by atoms with E-state index >= 15 is 0 Å². The molecule has 0 atom stereocenters. The van der Waals surface area contributed by atoms with Crippen LogP contribution in [0.15, 0.2) is 42.5 Å². The van der Waals surface area contributed by atoms with Crippen molar-refractivity contribution < 1.29 is 9.53 Å². The molecule has 1 amide bonds. The topological polar surface area (TPSA) is 38.3 Å². The van der Waals surface area contributed by atoms with Gasteiger partial charge in [-0.2, -0.15) is 0 Å². The Morgan fingerprint density at radius 3 is 2.35 bits per heavy atom. The SMILES string of the molecule is CC(C)(C)c1ccc(OCC(=O)Nc2cccc(Cl)c2Cl)cc1. The van der Waals surface area contributed by atoms with Crippen molar-refractivity contribution in [2.24, 2.45) is 0 Å². The molecule has 2 aromatic carbocycles. The van der Waals surface area contributed by atoms with Crippen LogP contribution in [-0.2, 0) is 10.2 Å². The van der Waals surface area contributed by atoms with Gasteiger partial charge in [0.15, 0.2) is 6.61 Å². The number of nitrogens with one attached hydrogen (secondary N) is 1. The third-order valence-electron chi connectivity index (χ3n) is 3.32. The monoisotopic (exact) mass is 351 g/mol. The highest BCUT2D eigenvalue weighted by molar-refractivity contribution is 6.43. The lowest BCUT2D eigenvalue weighted by Crippen LogP contribution is -2.20. The van der Waals surface area contributed by atoms with Gasteiger partial charge in [0.2, 0.25) is 0 Å². The molecule has 2 aromatic rings. The second kappa shape index (κ2) is 7.24. The summed E-state index contributed by atoms with van der Waals surface area (Å²) in [5, 5.41) is 3.39. The van der Waals surface area contributed by atoms with Gasteiger partial charge >= 0.3 is 0 Å². The second-order valence-electron chi connectivity index (χ2n) is 6.21. The Balaban J connectivity index is 1.93. The minimum Gasteiger partial charge on any atom is -0.484 e. The van der Waals surface area contributed by atoms with E-state index in [-0.39, 0.29) is 17.9 Å². The highest BCUT2D eigenvalue weighted by Crippen LogP contribution is 2.29. The molecule has 0 saturated carbocycles. The van der Waals surface area contributed by atoms with Gasteiger partial charge in [0.25, 0.3) is 5.91 Å². The van der Waals surface area contributed by atoms with Crippen LogP contribution in [-0.4, -0.2) is 12.5 Å². The minimum absolute atomic E-state index is 0.0826. The fourth-order valence-corrected chi connectivity index (χ4v) is 2.33. The number of hydrogen-bond acceptors (Lipinski definition) is 2. The summed E-state index contributed by atoms with van der Waals surface area (Å²) in [4.78, 5) is 11.9. The van der Waals surface area contributed by atoms with Crippen molar-refractivity contribution in [3.63, 3.8) is 0 Å². The summed E-state index contributed by atoms with van der Waals surface area (Å²) < 4.78 is 5.49. The van der Waals surface area contributed by atoms with E-state index in [0.717, 1.165) is 0 Å². The first-order valence-corrected chi connectivity index (χ1v) is 8.00. The Hall–Kier alpha value is -1.71. The number of rotatable bonds is 4. The van der Waals surface area contributed by atoms with E-state index in [1.54, 1.807) is 18.2 Å². The van der Waals surface area contributed by atoms with Gasteiger partial charge < -0.3 is 10.1 Å². The molecule has 0 aliphatic carbocycles. The Labute approximate surface area is 146 Å². The summed E-state index contributed by atoms with van der Waals surface area (Å²) in [7, 11) is 0. The van der Waals surface area contributed by atoms with Crippen molar-refractivity contribution in [3.8, 4) is 5.75 Å². The lowest BCUT2D eigenvalue weighted by atomic mass is 9.87. The summed E-state index contributed by atoms with van der Waals surface area (Å²) >= 11 is 11.9. The van der Waals surface area contributed by atoms with Gasteiger partial charge in [-0.15, -0.1) is 0 Å². The molecule has 122 valence electrons. The summed E-state index contributed by atoms with van der Waals surface area (Å²) in [5.74, 6) is 0.347. The third-order valence-corrected chi connectivity index (χ3v) is 4.13. The van der Waals surface area contributed by atoms with Crippen LogP contribution in [0, 0.1) is 0 Å². The summed E-state index contributed by atoms with van der Waals surface area (Å²) in [6.45, 7) is 6.33. The standard InChI is InChI=1S/C18H19Cl2NO2/c1-18(2,3)12-7-9-13(10-8-12)23-11-16(22)21-15-6-4-5-14(19)17(15)20/h4-10H,11H2,1-3H3,(H,21,22). The summed E-state index contributed by atoms with van der Waals surface area (Å²) in [6.07, 6.45) is 0. The van der Waals surface area contributed by atoms with Crippen molar-refractivity contribution in [2.45, 2.75) is 26.2 Å². The van der Waals surface area contributed by atoms with Crippen LogP contribution >= 0.6 is 23.2 Å². The molecule has 0 saturated heterocycles. The Morgan fingerprint density at radius 2 is 1.74 bits per heavy atom. The molecule has 0 bridgehead atoms. The predicted molar refractivity (Wildman–Crippen MR) is 95.7 cm³/mol. The molecule has 0 fully saturated rings. The van der Waals surface area contributed by atoms with E-state index in [0.29, 0.717) is 21.5 Å². The first-order valence-electron chi connectivity index (χ1n) is 7.24. The second-order valence-corrected chi connectivity index (χ2v) is 7.00. The number of hydrogen-bond donors (Lipinski definition) is 1. The number of anilines is 1. The molecule has 1 N–H and O–H groups in total. The van der Waals surface area contributed by atoms with Crippen LogP contribution in [0.2, 0.25) is 10.0 Å². The highest BCUT2D eigenvalue weighted by atomic mass is 35.5. The number of amides is 1. The third kappa shape index (κ3) is 4.88. The fourth-order valence-electron chi connectivity index (χ4n) is 1.99. The molecule has 0 heterocycles. The molecular weight excluding hydrogens is 333 g/mol. The zero-order chi connectivity index (χ0) is 17.0.